The molecule has 2 heteroatoms. The molecule has 0 saturated heterocycles. The highest BCUT2D eigenvalue weighted by Crippen LogP contribution is 2.77. The third-order valence-corrected chi connectivity index (χ3v) is 10.1. The van der Waals surface area contributed by atoms with E-state index in [1.165, 1.54) is 38.5 Å². The van der Waals surface area contributed by atoms with Crippen LogP contribution in [0.4, 0.5) is 11.4 Å². The van der Waals surface area contributed by atoms with E-state index >= 15 is 0 Å². The van der Waals surface area contributed by atoms with Gasteiger partial charge in [-0.15, -0.1) is 0 Å². The van der Waals surface area contributed by atoms with Crippen LogP contribution in [0.15, 0.2) is 48.5 Å². The third-order valence-electron chi connectivity index (χ3n) is 10.1. The molecule has 0 atom stereocenters. The largest absolute Gasteiger partial charge is 0.399 e. The molecule has 9 rings (SSSR count). The number of nitrogen functional groups attached to an aromatic ring is 2. The van der Waals surface area contributed by atoms with Gasteiger partial charge in [0.1, 0.15) is 0 Å². The van der Waals surface area contributed by atoms with Crippen molar-refractivity contribution in [3.63, 3.8) is 0 Å². The van der Waals surface area contributed by atoms with Crippen LogP contribution in [0.2, 0.25) is 0 Å². The minimum atomic E-state index is 0.454. The molecule has 2 nitrogen and oxygen atoms in total. The Kier molecular flexibility index (Phi) is 2.81. The van der Waals surface area contributed by atoms with E-state index in [9.17, 15) is 0 Å². The van der Waals surface area contributed by atoms with Gasteiger partial charge in [0.05, 0.1) is 0 Å². The summed E-state index contributed by atoms with van der Waals surface area (Å²) < 4.78 is 0. The van der Waals surface area contributed by atoms with Crippen LogP contribution in [0.3, 0.4) is 0 Å². The molecule has 0 radical (unpaired) electrons. The minimum Gasteiger partial charge on any atom is -0.399 e. The topological polar surface area (TPSA) is 52.0 Å². The molecule has 0 unspecified atom stereocenters. The van der Waals surface area contributed by atoms with Gasteiger partial charge >= 0.3 is 0 Å². The number of hydrogen-bond acceptors (Lipinski definition) is 2. The summed E-state index contributed by atoms with van der Waals surface area (Å²) in [6, 6.07) is 17.9. The van der Waals surface area contributed by atoms with Crippen molar-refractivity contribution in [2.75, 3.05) is 11.5 Å². The molecule has 0 aromatic heterocycles. The molecule has 7 saturated carbocycles. The van der Waals surface area contributed by atoms with Crippen LogP contribution in [0.1, 0.15) is 49.7 Å². The van der Waals surface area contributed by atoms with E-state index in [2.05, 4.69) is 48.5 Å². The second-order valence-corrected chi connectivity index (χ2v) is 11.0. The summed E-state index contributed by atoms with van der Waals surface area (Å²) in [6.07, 6.45) is 8.61. The fourth-order valence-corrected chi connectivity index (χ4v) is 9.31. The van der Waals surface area contributed by atoms with E-state index in [4.69, 9.17) is 11.5 Å². The lowest BCUT2D eigenvalue weighted by atomic mass is 9.29. The van der Waals surface area contributed by atoms with Gasteiger partial charge in [0.25, 0.3) is 0 Å². The second kappa shape index (κ2) is 4.96. The van der Waals surface area contributed by atoms with E-state index in [-0.39, 0.29) is 0 Å². The van der Waals surface area contributed by atoms with Crippen molar-refractivity contribution in [3.8, 4) is 0 Å². The van der Waals surface area contributed by atoms with Gasteiger partial charge in [-0.25, -0.2) is 0 Å². The Hall–Kier alpha value is -1.96. The molecule has 0 aliphatic heterocycles. The first-order valence-corrected chi connectivity index (χ1v) is 11.3. The van der Waals surface area contributed by atoms with Crippen LogP contribution in [0, 0.1) is 35.5 Å². The Morgan fingerprint density at radius 2 is 0.714 bits per heavy atom. The number of nitrogens with two attached hydrogens (primary N) is 2. The van der Waals surface area contributed by atoms with Gasteiger partial charge in [-0.05, 0) is 120 Å². The van der Waals surface area contributed by atoms with Crippen molar-refractivity contribution in [1.29, 1.82) is 0 Å². The van der Waals surface area contributed by atoms with E-state index in [1.807, 2.05) is 0 Å². The Balaban J connectivity index is 1.28. The zero-order valence-corrected chi connectivity index (χ0v) is 16.5. The molecule has 7 fully saturated rings. The molecular formula is C26H30N2. The summed E-state index contributed by atoms with van der Waals surface area (Å²) in [6.45, 7) is 0. The third kappa shape index (κ3) is 1.81. The molecule has 0 spiro atoms. The Morgan fingerprint density at radius 3 is 0.964 bits per heavy atom. The van der Waals surface area contributed by atoms with Gasteiger partial charge in [0.2, 0.25) is 0 Å². The van der Waals surface area contributed by atoms with Crippen LogP contribution >= 0.6 is 0 Å². The van der Waals surface area contributed by atoms with Crippen molar-refractivity contribution in [2.45, 2.75) is 49.4 Å². The molecule has 0 amide bonds. The predicted octanol–water partition coefficient (Wildman–Crippen LogP) is 5.13. The molecular weight excluding hydrogens is 340 g/mol. The van der Waals surface area contributed by atoms with Gasteiger partial charge in [-0.2, -0.15) is 0 Å². The fraction of sp³-hybridized carbons (Fsp3) is 0.538. The SMILES string of the molecule is Nc1ccc(C23CC4C5CC6(c7ccc(N)cc7)CC4C(C2)C(C6)C5C3)cc1. The van der Waals surface area contributed by atoms with E-state index in [0.29, 0.717) is 10.8 Å². The lowest BCUT2D eigenvalue weighted by molar-refractivity contribution is -0.221. The first kappa shape index (κ1) is 15.9. The molecule has 7 aliphatic rings. The number of rotatable bonds is 2. The van der Waals surface area contributed by atoms with Crippen molar-refractivity contribution in [2.24, 2.45) is 35.5 Å². The molecule has 7 aliphatic carbocycles. The van der Waals surface area contributed by atoms with Crippen LogP contribution in [-0.2, 0) is 10.8 Å². The summed E-state index contributed by atoms with van der Waals surface area (Å²) in [5.41, 5.74) is 17.9. The van der Waals surface area contributed by atoms with Gasteiger partial charge in [0, 0.05) is 11.4 Å². The van der Waals surface area contributed by atoms with Crippen LogP contribution < -0.4 is 11.5 Å². The first-order valence-electron chi connectivity index (χ1n) is 11.3. The highest BCUT2D eigenvalue weighted by Gasteiger charge is 2.70. The molecule has 2 aromatic rings. The van der Waals surface area contributed by atoms with Crippen LogP contribution in [0.5, 0.6) is 0 Å². The average molecular weight is 371 g/mol. The smallest absolute Gasteiger partial charge is 0.0314 e. The second-order valence-electron chi connectivity index (χ2n) is 11.0. The Morgan fingerprint density at radius 1 is 0.464 bits per heavy atom. The molecule has 2 aromatic carbocycles. The lowest BCUT2D eigenvalue weighted by Gasteiger charge is -2.75. The summed E-state index contributed by atoms with van der Waals surface area (Å²) >= 11 is 0. The minimum absolute atomic E-state index is 0.454. The van der Waals surface area contributed by atoms with Gasteiger partial charge in [0.15, 0.2) is 0 Å². The van der Waals surface area contributed by atoms with Gasteiger partial charge in [-0.1, -0.05) is 24.3 Å². The van der Waals surface area contributed by atoms with E-state index in [1.54, 1.807) is 11.1 Å². The van der Waals surface area contributed by atoms with E-state index in [0.717, 1.165) is 46.9 Å². The van der Waals surface area contributed by atoms with Crippen LogP contribution in [0.25, 0.3) is 0 Å². The van der Waals surface area contributed by atoms with Crippen molar-refractivity contribution < 1.29 is 0 Å². The quantitative estimate of drug-likeness (QED) is 0.720. The number of benzene rings is 2. The van der Waals surface area contributed by atoms with Crippen molar-refractivity contribution in [1.82, 2.24) is 0 Å². The van der Waals surface area contributed by atoms with Gasteiger partial charge < -0.3 is 11.5 Å². The number of hydrogen-bond donors (Lipinski definition) is 2. The summed E-state index contributed by atoms with van der Waals surface area (Å²) in [5.74, 6) is 5.80. The maximum atomic E-state index is 5.99. The van der Waals surface area contributed by atoms with Crippen molar-refractivity contribution in [3.05, 3.63) is 59.7 Å². The zero-order valence-electron chi connectivity index (χ0n) is 16.5. The standard InChI is InChI=1S/C26H30N2/c27-17-5-1-15(2-6-17)25-9-19-22-12-26(16-3-7-18(28)8-4-16)13-23(19)21(11-25)24(14-26)20(22)10-25/h1-8,19-24H,9-14,27-28H2. The molecule has 4 N–H and O–H groups in total. The monoisotopic (exact) mass is 370 g/mol. The summed E-state index contributed by atoms with van der Waals surface area (Å²) in [7, 11) is 0. The van der Waals surface area contributed by atoms with Crippen molar-refractivity contribution >= 4 is 11.4 Å². The van der Waals surface area contributed by atoms with E-state index < -0.39 is 0 Å². The fourth-order valence-electron chi connectivity index (χ4n) is 9.31. The highest BCUT2D eigenvalue weighted by atomic mass is 14.7. The molecule has 0 heterocycles. The zero-order chi connectivity index (χ0) is 18.7. The predicted molar refractivity (Wildman–Crippen MR) is 114 cm³/mol. The van der Waals surface area contributed by atoms with Gasteiger partial charge in [-0.3, -0.25) is 0 Å². The van der Waals surface area contributed by atoms with Crippen LogP contribution in [-0.4, -0.2) is 0 Å². The molecule has 28 heavy (non-hydrogen) atoms. The molecule has 8 bridgehead atoms. The summed E-state index contributed by atoms with van der Waals surface area (Å²) in [4.78, 5) is 0. The lowest BCUT2D eigenvalue weighted by Crippen LogP contribution is -2.69. The average Bonchev–Trinajstić information content (AvgIpc) is 2.72. The first-order chi connectivity index (χ1) is 13.6. The normalized spacial score (nSPS) is 47.0. The Labute approximate surface area is 167 Å². The number of anilines is 2. The maximum absolute atomic E-state index is 5.99. The summed E-state index contributed by atoms with van der Waals surface area (Å²) in [5, 5.41) is 0. The highest BCUT2D eigenvalue weighted by molar-refractivity contribution is 5.45. The Bertz CT molecular complexity index is 799. The maximum Gasteiger partial charge on any atom is 0.0314 e. The molecule has 144 valence electrons.